The van der Waals surface area contributed by atoms with Crippen LogP contribution in [0.3, 0.4) is 0 Å². The molecule has 2 N–H and O–H groups in total. The molecule has 4 aromatic rings. The first-order valence-electron chi connectivity index (χ1n) is 11.4. The van der Waals surface area contributed by atoms with Gasteiger partial charge in [0.2, 0.25) is 5.88 Å². The summed E-state index contributed by atoms with van der Waals surface area (Å²) in [4.78, 5) is 33.8. The number of nitrogens with one attached hydrogen (secondary N) is 2. The molecule has 5 rings (SSSR count). The summed E-state index contributed by atoms with van der Waals surface area (Å²) in [5.41, 5.74) is 3.00. The molecule has 1 fully saturated rings. The minimum atomic E-state index is -2.59. The van der Waals surface area contributed by atoms with Gasteiger partial charge in [-0.05, 0) is 57.7 Å². The number of fused-ring (bicyclic) bond motifs is 1. The third-order valence-electron chi connectivity index (χ3n) is 5.87. The van der Waals surface area contributed by atoms with E-state index in [0.29, 0.717) is 38.4 Å². The predicted molar refractivity (Wildman–Crippen MR) is 140 cm³/mol. The molecule has 0 aliphatic heterocycles. The number of pyridine rings is 2. The number of hydrogen-bond donors (Lipinski definition) is 2. The fourth-order valence-corrected chi connectivity index (χ4v) is 6.42. The van der Waals surface area contributed by atoms with Crippen LogP contribution in [0.25, 0.3) is 21.3 Å². The Bertz CT molecular complexity index is 1570. The van der Waals surface area contributed by atoms with Gasteiger partial charge in [0, 0.05) is 48.1 Å². The Hall–Kier alpha value is -3.16. The Balaban J connectivity index is 1.69. The van der Waals surface area contributed by atoms with Gasteiger partial charge in [-0.2, -0.15) is 0 Å². The molecule has 1 aliphatic rings. The van der Waals surface area contributed by atoms with Crippen molar-refractivity contribution in [3.8, 4) is 22.1 Å². The van der Waals surface area contributed by atoms with Gasteiger partial charge in [-0.3, -0.25) is 9.59 Å². The number of aryl methyl sites for hydroxylation is 3. The zero-order chi connectivity index (χ0) is 25.1. The van der Waals surface area contributed by atoms with E-state index < -0.39 is 7.14 Å². The summed E-state index contributed by atoms with van der Waals surface area (Å²) >= 11 is 1.37. The van der Waals surface area contributed by atoms with E-state index in [1.54, 1.807) is 38.7 Å². The van der Waals surface area contributed by atoms with E-state index in [0.717, 1.165) is 29.0 Å². The third kappa shape index (κ3) is 4.70. The highest BCUT2D eigenvalue weighted by molar-refractivity contribution is 7.75. The quantitative estimate of drug-likeness (QED) is 0.371. The first-order valence-corrected chi connectivity index (χ1v) is 14.8. The van der Waals surface area contributed by atoms with E-state index in [-0.39, 0.29) is 17.5 Å². The van der Waals surface area contributed by atoms with Crippen LogP contribution in [0.1, 0.15) is 34.6 Å². The third-order valence-corrected chi connectivity index (χ3v) is 9.61. The second-order valence-electron chi connectivity index (χ2n) is 9.53. The lowest BCUT2D eigenvalue weighted by atomic mass is 10.1. The van der Waals surface area contributed by atoms with Crippen LogP contribution in [0, 0.1) is 13.8 Å². The van der Waals surface area contributed by atoms with Crippen LogP contribution < -0.4 is 20.2 Å². The molecule has 1 aliphatic carbocycles. The number of thiophene rings is 1. The van der Waals surface area contributed by atoms with E-state index >= 15 is 0 Å². The number of aromatic amines is 1. The molecule has 0 bridgehead atoms. The Morgan fingerprint density at radius 3 is 2.63 bits per heavy atom. The molecule has 4 heterocycles. The van der Waals surface area contributed by atoms with E-state index in [4.69, 9.17) is 4.74 Å². The van der Waals surface area contributed by atoms with Crippen molar-refractivity contribution >= 4 is 39.9 Å². The van der Waals surface area contributed by atoms with Gasteiger partial charge in [0.1, 0.15) is 24.1 Å². The summed E-state index contributed by atoms with van der Waals surface area (Å²) in [6.45, 7) is 7.30. The largest absolute Gasteiger partial charge is 0.437 e. The van der Waals surface area contributed by atoms with Crippen molar-refractivity contribution in [2.45, 2.75) is 32.7 Å². The van der Waals surface area contributed by atoms with Gasteiger partial charge in [0.25, 0.3) is 11.5 Å². The highest BCUT2D eigenvalue weighted by Crippen LogP contribution is 2.46. The zero-order valence-corrected chi connectivity index (χ0v) is 22.0. The van der Waals surface area contributed by atoms with Gasteiger partial charge in [-0.15, -0.1) is 11.3 Å². The molecule has 1 saturated carbocycles. The average molecular weight is 511 g/mol. The van der Waals surface area contributed by atoms with Gasteiger partial charge in [-0.25, -0.2) is 4.98 Å². The molecule has 35 heavy (non-hydrogen) atoms. The van der Waals surface area contributed by atoms with Crippen LogP contribution >= 0.6 is 18.5 Å². The minimum absolute atomic E-state index is 0.199. The molecule has 0 aromatic carbocycles. The topological polar surface area (TPSA) is 106 Å². The number of nitrogens with zero attached hydrogens (tertiary/aromatic N) is 2. The first-order chi connectivity index (χ1) is 16.5. The maximum atomic E-state index is 13.0. The van der Waals surface area contributed by atoms with Crippen LogP contribution in [0.5, 0.6) is 11.6 Å². The van der Waals surface area contributed by atoms with Crippen molar-refractivity contribution in [3.63, 3.8) is 0 Å². The maximum absolute atomic E-state index is 13.0. The van der Waals surface area contributed by atoms with Crippen molar-refractivity contribution in [3.05, 3.63) is 57.8 Å². The van der Waals surface area contributed by atoms with E-state index in [1.807, 2.05) is 26.0 Å². The molecule has 0 unspecified atom stereocenters. The van der Waals surface area contributed by atoms with Crippen molar-refractivity contribution in [1.82, 2.24) is 19.9 Å². The number of amides is 1. The van der Waals surface area contributed by atoms with Gasteiger partial charge in [0.15, 0.2) is 0 Å². The zero-order valence-electron chi connectivity index (χ0n) is 20.3. The molecule has 0 saturated heterocycles. The Morgan fingerprint density at radius 2 is 1.97 bits per heavy atom. The molecule has 1 amide bonds. The van der Waals surface area contributed by atoms with Crippen molar-refractivity contribution < 1.29 is 14.1 Å². The number of hydrogen-bond acceptors (Lipinski definition) is 6. The summed E-state index contributed by atoms with van der Waals surface area (Å²) in [5.74, 6) is 0.720. The average Bonchev–Trinajstić information content (AvgIpc) is 3.29. The van der Waals surface area contributed by atoms with Crippen LogP contribution in [-0.4, -0.2) is 39.8 Å². The SMILES string of the molecule is Cc1cc(C)nc(Oc2cc(P(C)(C)=O)sc2-c2cn(C)c(=O)c3[nH]c(C(=O)NC4CC4)cc23)c1. The monoisotopic (exact) mass is 510 g/mol. The lowest BCUT2D eigenvalue weighted by Crippen LogP contribution is -2.25. The van der Waals surface area contributed by atoms with Crippen LogP contribution in [0.15, 0.2) is 35.3 Å². The number of ether oxygens (including phenoxy) is 1. The molecule has 4 aromatic heterocycles. The second kappa shape index (κ2) is 8.50. The van der Waals surface area contributed by atoms with Crippen molar-refractivity contribution in [1.29, 1.82) is 0 Å². The number of carbonyl (C=O) groups is 1. The summed E-state index contributed by atoms with van der Waals surface area (Å²) in [6.07, 6.45) is 3.67. The number of aromatic nitrogens is 3. The van der Waals surface area contributed by atoms with Gasteiger partial charge >= 0.3 is 0 Å². The Kier molecular flexibility index (Phi) is 5.73. The highest BCUT2D eigenvalue weighted by atomic mass is 32.1. The van der Waals surface area contributed by atoms with E-state index in [9.17, 15) is 14.2 Å². The van der Waals surface area contributed by atoms with Gasteiger partial charge in [-0.1, -0.05) is 0 Å². The lowest BCUT2D eigenvalue weighted by Gasteiger charge is -2.09. The lowest BCUT2D eigenvalue weighted by molar-refractivity contribution is 0.0947. The van der Waals surface area contributed by atoms with Crippen molar-refractivity contribution in [2.24, 2.45) is 7.05 Å². The molecular formula is C25H27N4O4PS. The number of H-pyrrole nitrogens is 1. The summed E-state index contributed by atoms with van der Waals surface area (Å²) < 4.78 is 21.4. The van der Waals surface area contributed by atoms with Gasteiger partial charge < -0.3 is 24.2 Å². The van der Waals surface area contributed by atoms with Crippen LogP contribution in [-0.2, 0) is 11.6 Å². The standard InChI is InChI=1S/C25H27N4O4PS/c1-13-8-14(2)26-20(9-13)33-19-11-21(34(4,5)32)35-23(19)17-12-29(3)25(31)22-16(17)10-18(28-22)24(30)27-15-6-7-15/h8-12,15,28H,6-7H2,1-5H3,(H,27,30). The minimum Gasteiger partial charge on any atom is -0.437 e. The van der Waals surface area contributed by atoms with E-state index in [1.165, 1.54) is 15.9 Å². The fourth-order valence-electron chi connectivity index (χ4n) is 3.99. The molecule has 0 spiro atoms. The molecule has 0 radical (unpaired) electrons. The van der Waals surface area contributed by atoms with Crippen molar-refractivity contribution in [2.75, 3.05) is 13.3 Å². The normalized spacial score (nSPS) is 13.9. The van der Waals surface area contributed by atoms with Crippen LogP contribution in [0.4, 0.5) is 0 Å². The molecule has 10 heteroatoms. The molecular weight excluding hydrogens is 483 g/mol. The van der Waals surface area contributed by atoms with E-state index in [2.05, 4.69) is 15.3 Å². The first kappa shape index (κ1) is 23.6. The number of carbonyl (C=O) groups excluding carboxylic acids is 1. The predicted octanol–water partition coefficient (Wildman–Crippen LogP) is 4.54. The highest BCUT2D eigenvalue weighted by Gasteiger charge is 2.27. The maximum Gasteiger partial charge on any atom is 0.274 e. The van der Waals surface area contributed by atoms with Crippen LogP contribution in [0.2, 0.25) is 0 Å². The Morgan fingerprint density at radius 1 is 1.23 bits per heavy atom. The summed E-state index contributed by atoms with van der Waals surface area (Å²) in [6, 6.07) is 7.51. The molecule has 8 nitrogen and oxygen atoms in total. The van der Waals surface area contributed by atoms with Gasteiger partial charge in [0.05, 0.1) is 9.50 Å². The number of rotatable bonds is 6. The summed E-state index contributed by atoms with van der Waals surface area (Å²) in [5, 5.41) is 3.57. The Labute approximate surface area is 206 Å². The fraction of sp³-hybridized carbons (Fsp3) is 0.320. The summed E-state index contributed by atoms with van der Waals surface area (Å²) in [7, 11) is -0.924. The second-order valence-corrected chi connectivity index (χ2v) is 14.1. The molecule has 0 atom stereocenters. The smallest absolute Gasteiger partial charge is 0.274 e. The molecule has 182 valence electrons.